The van der Waals surface area contributed by atoms with E-state index in [0.29, 0.717) is 24.4 Å². The van der Waals surface area contributed by atoms with Crippen molar-refractivity contribution in [3.8, 4) is 0 Å². The lowest BCUT2D eigenvalue weighted by Gasteiger charge is -2.31. The Morgan fingerprint density at radius 1 is 1.40 bits per heavy atom. The molecule has 1 aromatic rings. The van der Waals surface area contributed by atoms with Gasteiger partial charge in [-0.1, -0.05) is 0 Å². The van der Waals surface area contributed by atoms with Gasteiger partial charge in [-0.15, -0.1) is 0 Å². The summed E-state index contributed by atoms with van der Waals surface area (Å²) in [4.78, 5) is 27.8. The van der Waals surface area contributed by atoms with Gasteiger partial charge in [-0.3, -0.25) is 10.2 Å². The number of hydrazine groups is 1. The number of carbonyl (C=O) groups is 1. The maximum Gasteiger partial charge on any atom is 0.243 e. The Balaban J connectivity index is 2.26. The van der Waals surface area contributed by atoms with Crippen LogP contribution >= 0.6 is 0 Å². The molecule has 1 fully saturated rings. The summed E-state index contributed by atoms with van der Waals surface area (Å²) < 4.78 is 0. The van der Waals surface area contributed by atoms with Crippen LogP contribution in [0, 0.1) is 5.92 Å². The van der Waals surface area contributed by atoms with Crippen LogP contribution in [0.3, 0.4) is 0 Å². The number of hydrogen-bond donors (Lipinski definition) is 3. The van der Waals surface area contributed by atoms with Crippen LogP contribution in [0.2, 0.25) is 0 Å². The second-order valence-corrected chi connectivity index (χ2v) is 4.99. The molecule has 1 saturated heterocycles. The molecule has 20 heavy (non-hydrogen) atoms. The van der Waals surface area contributed by atoms with Gasteiger partial charge in [-0.05, 0) is 12.8 Å². The average molecular weight is 280 g/mol. The third-order valence-electron chi connectivity index (χ3n) is 3.25. The molecule has 0 saturated carbocycles. The summed E-state index contributed by atoms with van der Waals surface area (Å²) in [5.41, 5.74) is 7.81. The first-order valence-electron chi connectivity index (χ1n) is 6.45. The molecule has 1 aliphatic rings. The third-order valence-corrected chi connectivity index (χ3v) is 3.25. The van der Waals surface area contributed by atoms with E-state index in [2.05, 4.69) is 20.4 Å². The molecule has 1 unspecified atom stereocenters. The van der Waals surface area contributed by atoms with Crippen molar-refractivity contribution in [2.75, 3.05) is 42.4 Å². The molecule has 110 valence electrons. The highest BCUT2D eigenvalue weighted by molar-refractivity contribution is 5.77. The molecular formula is C11H20N8O. The van der Waals surface area contributed by atoms with Gasteiger partial charge in [-0.25, -0.2) is 5.84 Å². The minimum absolute atomic E-state index is 0.169. The van der Waals surface area contributed by atoms with E-state index in [-0.39, 0.29) is 11.8 Å². The van der Waals surface area contributed by atoms with Gasteiger partial charge in [0.1, 0.15) is 0 Å². The minimum Gasteiger partial charge on any atom is -0.369 e. The van der Waals surface area contributed by atoms with E-state index in [0.717, 1.165) is 19.4 Å². The van der Waals surface area contributed by atoms with Crippen LogP contribution < -0.4 is 26.8 Å². The first kappa shape index (κ1) is 14.3. The average Bonchev–Trinajstić information content (AvgIpc) is 2.46. The predicted molar refractivity (Wildman–Crippen MR) is 76.1 cm³/mol. The normalized spacial score (nSPS) is 18.8. The van der Waals surface area contributed by atoms with E-state index in [1.165, 1.54) is 0 Å². The van der Waals surface area contributed by atoms with E-state index in [9.17, 15) is 4.79 Å². The lowest BCUT2D eigenvalue weighted by Crippen LogP contribution is -2.42. The van der Waals surface area contributed by atoms with Gasteiger partial charge in [0.2, 0.25) is 23.8 Å². The maximum atomic E-state index is 11.3. The van der Waals surface area contributed by atoms with Crippen LogP contribution in [-0.4, -0.2) is 48.0 Å². The number of rotatable bonds is 4. The van der Waals surface area contributed by atoms with E-state index >= 15 is 0 Å². The molecule has 2 heterocycles. The molecule has 0 bridgehead atoms. The number of nitrogens with one attached hydrogen (secondary N) is 1. The smallest absolute Gasteiger partial charge is 0.243 e. The molecule has 2 rings (SSSR count). The van der Waals surface area contributed by atoms with Crippen LogP contribution in [0.1, 0.15) is 12.8 Å². The lowest BCUT2D eigenvalue weighted by molar-refractivity contribution is -0.122. The molecular weight excluding hydrogens is 260 g/mol. The molecule has 0 aliphatic carbocycles. The molecule has 0 spiro atoms. The van der Waals surface area contributed by atoms with Gasteiger partial charge in [0, 0.05) is 27.2 Å². The summed E-state index contributed by atoms with van der Waals surface area (Å²) in [6.07, 6.45) is 1.68. The largest absolute Gasteiger partial charge is 0.369 e. The zero-order valence-electron chi connectivity index (χ0n) is 11.7. The van der Waals surface area contributed by atoms with Gasteiger partial charge in [0.25, 0.3) is 0 Å². The van der Waals surface area contributed by atoms with Crippen molar-refractivity contribution in [3.05, 3.63) is 0 Å². The van der Waals surface area contributed by atoms with E-state index in [4.69, 9.17) is 11.6 Å². The molecule has 1 aromatic heterocycles. The zero-order chi connectivity index (χ0) is 14.7. The van der Waals surface area contributed by atoms with Crippen molar-refractivity contribution in [2.24, 2.45) is 17.5 Å². The number of hydrogen-bond acceptors (Lipinski definition) is 8. The van der Waals surface area contributed by atoms with Gasteiger partial charge in [-0.2, -0.15) is 15.0 Å². The van der Waals surface area contributed by atoms with Crippen molar-refractivity contribution < 1.29 is 4.79 Å². The van der Waals surface area contributed by atoms with Crippen LogP contribution in [0.25, 0.3) is 0 Å². The van der Waals surface area contributed by atoms with Crippen molar-refractivity contribution in [1.82, 2.24) is 15.0 Å². The fraction of sp³-hybridized carbons (Fsp3) is 0.636. The number of anilines is 3. The number of primary amides is 1. The predicted octanol–water partition coefficient (Wildman–Crippen LogP) is -1.08. The number of nitrogens with two attached hydrogens (primary N) is 2. The van der Waals surface area contributed by atoms with E-state index < -0.39 is 0 Å². The molecule has 0 aromatic carbocycles. The van der Waals surface area contributed by atoms with Crippen molar-refractivity contribution in [1.29, 1.82) is 0 Å². The Morgan fingerprint density at radius 2 is 2.15 bits per heavy atom. The molecule has 9 nitrogen and oxygen atoms in total. The van der Waals surface area contributed by atoms with Gasteiger partial charge in [0.15, 0.2) is 0 Å². The number of nitrogens with zero attached hydrogens (tertiary/aromatic N) is 5. The number of nitrogen functional groups attached to an aromatic ring is 1. The maximum absolute atomic E-state index is 11.3. The molecule has 9 heteroatoms. The van der Waals surface area contributed by atoms with Crippen LogP contribution in [0.4, 0.5) is 17.8 Å². The Hall–Kier alpha value is -2.16. The third kappa shape index (κ3) is 3.05. The Kier molecular flexibility index (Phi) is 4.18. The monoisotopic (exact) mass is 280 g/mol. The standard InChI is InChI=1S/C11H20N8O/c1-18(2)10-14-9(17-13)15-11(16-10)19-5-3-4-7(6-19)8(12)20/h7H,3-6,13H2,1-2H3,(H2,12,20)(H,14,15,16,17). The molecule has 0 radical (unpaired) electrons. The molecule has 1 atom stereocenters. The van der Waals surface area contributed by atoms with E-state index in [1.807, 2.05) is 19.0 Å². The van der Waals surface area contributed by atoms with Crippen LogP contribution in [0.5, 0.6) is 0 Å². The van der Waals surface area contributed by atoms with Crippen LogP contribution in [0.15, 0.2) is 0 Å². The molecule has 1 aliphatic heterocycles. The molecule has 5 N–H and O–H groups in total. The fourth-order valence-electron chi connectivity index (χ4n) is 2.15. The Labute approximate surface area is 117 Å². The fourth-order valence-corrected chi connectivity index (χ4v) is 2.15. The van der Waals surface area contributed by atoms with Crippen LogP contribution in [-0.2, 0) is 4.79 Å². The zero-order valence-corrected chi connectivity index (χ0v) is 11.7. The summed E-state index contributed by atoms with van der Waals surface area (Å²) in [5, 5.41) is 0. The Morgan fingerprint density at radius 3 is 2.75 bits per heavy atom. The first-order valence-corrected chi connectivity index (χ1v) is 6.45. The first-order chi connectivity index (χ1) is 9.51. The molecule has 1 amide bonds. The minimum atomic E-state index is -0.284. The summed E-state index contributed by atoms with van der Waals surface area (Å²) >= 11 is 0. The lowest BCUT2D eigenvalue weighted by atomic mass is 9.98. The summed E-state index contributed by atoms with van der Waals surface area (Å²) in [7, 11) is 3.67. The highest BCUT2D eigenvalue weighted by Crippen LogP contribution is 2.22. The number of aromatic nitrogens is 3. The van der Waals surface area contributed by atoms with Crippen molar-refractivity contribution in [2.45, 2.75) is 12.8 Å². The summed E-state index contributed by atoms with van der Waals surface area (Å²) in [5.74, 6) is 6.22. The van der Waals surface area contributed by atoms with E-state index in [1.54, 1.807) is 4.90 Å². The van der Waals surface area contributed by atoms with Gasteiger partial charge >= 0.3 is 0 Å². The van der Waals surface area contributed by atoms with Crippen molar-refractivity contribution >= 4 is 23.8 Å². The topological polar surface area (TPSA) is 126 Å². The quantitative estimate of drug-likeness (QED) is 0.470. The Bertz CT molecular complexity index is 491. The second kappa shape index (κ2) is 5.87. The number of amides is 1. The van der Waals surface area contributed by atoms with Crippen molar-refractivity contribution in [3.63, 3.8) is 0 Å². The highest BCUT2D eigenvalue weighted by atomic mass is 16.1. The number of carbonyl (C=O) groups excluding carboxylic acids is 1. The van der Waals surface area contributed by atoms with Gasteiger partial charge in [0.05, 0.1) is 5.92 Å². The summed E-state index contributed by atoms with van der Waals surface area (Å²) in [6.45, 7) is 1.31. The number of piperidine rings is 1. The summed E-state index contributed by atoms with van der Waals surface area (Å²) in [6, 6.07) is 0. The second-order valence-electron chi connectivity index (χ2n) is 4.99. The van der Waals surface area contributed by atoms with Gasteiger partial charge < -0.3 is 15.5 Å². The highest BCUT2D eigenvalue weighted by Gasteiger charge is 2.26. The SMILES string of the molecule is CN(C)c1nc(NN)nc(N2CCCC(C(N)=O)C2)n1.